The molecule has 118 valence electrons. The molecule has 3 heteroatoms. The van der Waals surface area contributed by atoms with E-state index in [1.165, 1.54) is 0 Å². The first-order chi connectivity index (χ1) is 9.66. The highest BCUT2D eigenvalue weighted by atomic mass is 19.1. The van der Waals surface area contributed by atoms with Crippen LogP contribution in [0.5, 0.6) is 0 Å². The molecule has 1 aliphatic rings. The van der Waals surface area contributed by atoms with Gasteiger partial charge in [0, 0.05) is 12.0 Å². The first-order valence-electron chi connectivity index (χ1n) is 7.86. The van der Waals surface area contributed by atoms with E-state index >= 15 is 0 Å². The molecule has 0 amide bonds. The molecule has 0 aromatic heterocycles. The Labute approximate surface area is 128 Å². The van der Waals surface area contributed by atoms with Gasteiger partial charge in [-0.2, -0.15) is 0 Å². The summed E-state index contributed by atoms with van der Waals surface area (Å²) in [4.78, 5) is 0. The Balaban J connectivity index is 2.36. The van der Waals surface area contributed by atoms with E-state index in [1.807, 2.05) is 12.1 Å². The quantitative estimate of drug-likeness (QED) is 0.889. The Morgan fingerprint density at radius 2 is 2.00 bits per heavy atom. The van der Waals surface area contributed by atoms with Gasteiger partial charge < -0.3 is 10.1 Å². The highest BCUT2D eigenvalue weighted by molar-refractivity contribution is 5.27. The molecule has 0 aliphatic carbocycles. The summed E-state index contributed by atoms with van der Waals surface area (Å²) in [6.45, 7) is 13.3. The van der Waals surface area contributed by atoms with E-state index < -0.39 is 0 Å². The zero-order valence-corrected chi connectivity index (χ0v) is 14.1. The third kappa shape index (κ3) is 3.46. The molecule has 1 fully saturated rings. The van der Waals surface area contributed by atoms with Crippen LogP contribution in [0, 0.1) is 18.7 Å². The van der Waals surface area contributed by atoms with Crippen molar-refractivity contribution in [1.82, 2.24) is 5.32 Å². The van der Waals surface area contributed by atoms with Gasteiger partial charge in [-0.05, 0) is 64.8 Å². The van der Waals surface area contributed by atoms with Gasteiger partial charge in [0.15, 0.2) is 0 Å². The number of hydrogen-bond donors (Lipinski definition) is 1. The van der Waals surface area contributed by atoms with Gasteiger partial charge in [0.25, 0.3) is 0 Å². The standard InChI is InChI=1S/C18H28FNO/c1-7-20-16(13-9-8-12(2)15(19)10-13)14-11-17(3,4)21-18(14,5)6/h8-10,14,16,20H,7,11H2,1-6H3. The van der Waals surface area contributed by atoms with Crippen molar-refractivity contribution in [2.45, 2.75) is 65.2 Å². The Bertz CT molecular complexity index is 510. The largest absolute Gasteiger partial charge is 0.369 e. The Hall–Kier alpha value is -0.930. The summed E-state index contributed by atoms with van der Waals surface area (Å²) in [5, 5.41) is 3.53. The molecule has 0 bridgehead atoms. The molecule has 1 aliphatic heterocycles. The van der Waals surface area contributed by atoms with Gasteiger partial charge in [0.1, 0.15) is 5.82 Å². The monoisotopic (exact) mass is 293 g/mol. The molecule has 1 aromatic rings. The second-order valence-corrected chi connectivity index (χ2v) is 7.32. The van der Waals surface area contributed by atoms with Crippen LogP contribution in [0.3, 0.4) is 0 Å². The predicted molar refractivity (Wildman–Crippen MR) is 84.9 cm³/mol. The molecule has 0 spiro atoms. The second kappa shape index (κ2) is 5.69. The molecular weight excluding hydrogens is 265 g/mol. The zero-order valence-electron chi connectivity index (χ0n) is 14.1. The minimum Gasteiger partial charge on any atom is -0.369 e. The fourth-order valence-electron chi connectivity index (χ4n) is 3.64. The second-order valence-electron chi connectivity index (χ2n) is 7.32. The van der Waals surface area contributed by atoms with Gasteiger partial charge in [-0.25, -0.2) is 4.39 Å². The normalized spacial score (nSPS) is 25.0. The molecule has 1 heterocycles. The summed E-state index contributed by atoms with van der Waals surface area (Å²) in [6, 6.07) is 5.68. The number of nitrogens with one attached hydrogen (secondary N) is 1. The van der Waals surface area contributed by atoms with Crippen molar-refractivity contribution in [2.24, 2.45) is 5.92 Å². The molecular formula is C18H28FNO. The average molecular weight is 293 g/mol. The molecule has 1 aromatic carbocycles. The molecule has 2 nitrogen and oxygen atoms in total. The van der Waals surface area contributed by atoms with Crippen molar-refractivity contribution >= 4 is 0 Å². The number of benzene rings is 1. The Morgan fingerprint density at radius 3 is 2.48 bits per heavy atom. The zero-order chi connectivity index (χ0) is 15.8. The maximum Gasteiger partial charge on any atom is 0.126 e. The molecule has 0 saturated carbocycles. The van der Waals surface area contributed by atoms with Crippen LogP contribution < -0.4 is 5.32 Å². The van der Waals surface area contributed by atoms with Crippen molar-refractivity contribution in [3.05, 3.63) is 35.1 Å². The lowest BCUT2D eigenvalue weighted by Gasteiger charge is -2.34. The summed E-state index contributed by atoms with van der Waals surface area (Å²) in [7, 11) is 0. The van der Waals surface area contributed by atoms with Crippen LogP contribution in [-0.4, -0.2) is 17.7 Å². The Morgan fingerprint density at radius 1 is 1.33 bits per heavy atom. The first kappa shape index (κ1) is 16.4. The summed E-state index contributed by atoms with van der Waals surface area (Å²) in [6.07, 6.45) is 0.965. The van der Waals surface area contributed by atoms with E-state index in [9.17, 15) is 4.39 Å². The van der Waals surface area contributed by atoms with Crippen molar-refractivity contribution < 1.29 is 9.13 Å². The topological polar surface area (TPSA) is 21.3 Å². The fraction of sp³-hybridized carbons (Fsp3) is 0.667. The number of rotatable bonds is 4. The molecule has 0 radical (unpaired) electrons. The van der Waals surface area contributed by atoms with Crippen molar-refractivity contribution in [2.75, 3.05) is 6.54 Å². The fourth-order valence-corrected chi connectivity index (χ4v) is 3.64. The summed E-state index contributed by atoms with van der Waals surface area (Å²) in [5.41, 5.74) is 1.35. The van der Waals surface area contributed by atoms with Crippen molar-refractivity contribution in [3.63, 3.8) is 0 Å². The minimum atomic E-state index is -0.225. The van der Waals surface area contributed by atoms with Crippen LogP contribution in [-0.2, 0) is 4.74 Å². The van der Waals surface area contributed by atoms with Crippen LogP contribution in [0.15, 0.2) is 18.2 Å². The lowest BCUT2D eigenvalue weighted by molar-refractivity contribution is -0.0778. The van der Waals surface area contributed by atoms with Crippen LogP contribution in [0.2, 0.25) is 0 Å². The molecule has 2 atom stereocenters. The molecule has 1 saturated heterocycles. The lowest BCUT2D eigenvalue weighted by atomic mass is 9.78. The van der Waals surface area contributed by atoms with E-state index in [4.69, 9.17) is 4.74 Å². The minimum absolute atomic E-state index is 0.113. The van der Waals surface area contributed by atoms with Crippen molar-refractivity contribution in [3.8, 4) is 0 Å². The third-order valence-corrected chi connectivity index (χ3v) is 4.53. The van der Waals surface area contributed by atoms with E-state index in [1.54, 1.807) is 13.0 Å². The molecule has 2 unspecified atom stereocenters. The molecule has 1 N–H and O–H groups in total. The average Bonchev–Trinajstić information content (AvgIpc) is 2.58. The molecule has 21 heavy (non-hydrogen) atoms. The van der Waals surface area contributed by atoms with Gasteiger partial charge >= 0.3 is 0 Å². The highest BCUT2D eigenvalue weighted by Crippen LogP contribution is 2.47. The third-order valence-electron chi connectivity index (χ3n) is 4.53. The van der Waals surface area contributed by atoms with Crippen LogP contribution in [0.4, 0.5) is 4.39 Å². The number of aryl methyl sites for hydroxylation is 1. The summed E-state index contributed by atoms with van der Waals surface area (Å²) < 4.78 is 20.2. The van der Waals surface area contributed by atoms with Crippen LogP contribution in [0.25, 0.3) is 0 Å². The van der Waals surface area contributed by atoms with Gasteiger partial charge in [-0.15, -0.1) is 0 Å². The van der Waals surface area contributed by atoms with E-state index in [0.29, 0.717) is 11.5 Å². The van der Waals surface area contributed by atoms with E-state index in [-0.39, 0.29) is 23.1 Å². The number of ether oxygens (including phenoxy) is 1. The Kier molecular flexibility index (Phi) is 4.46. The number of hydrogen-bond acceptors (Lipinski definition) is 2. The number of halogens is 1. The van der Waals surface area contributed by atoms with E-state index in [2.05, 4.69) is 39.9 Å². The van der Waals surface area contributed by atoms with Crippen molar-refractivity contribution in [1.29, 1.82) is 0 Å². The van der Waals surface area contributed by atoms with Gasteiger partial charge in [-0.1, -0.05) is 19.1 Å². The summed E-state index contributed by atoms with van der Waals surface area (Å²) >= 11 is 0. The lowest BCUT2D eigenvalue weighted by Crippen LogP contribution is -2.38. The van der Waals surface area contributed by atoms with Gasteiger partial charge in [0.2, 0.25) is 0 Å². The molecule has 2 rings (SSSR count). The van der Waals surface area contributed by atoms with E-state index in [0.717, 1.165) is 18.5 Å². The predicted octanol–water partition coefficient (Wildman–Crippen LogP) is 4.38. The maximum absolute atomic E-state index is 14.0. The highest BCUT2D eigenvalue weighted by Gasteiger charge is 2.49. The van der Waals surface area contributed by atoms with Gasteiger partial charge in [-0.3, -0.25) is 0 Å². The SMILES string of the molecule is CCNC(c1ccc(C)c(F)c1)C1CC(C)(C)OC1(C)C. The van der Waals surface area contributed by atoms with Gasteiger partial charge in [0.05, 0.1) is 11.2 Å². The first-order valence-corrected chi connectivity index (χ1v) is 7.86. The summed E-state index contributed by atoms with van der Waals surface area (Å²) in [5.74, 6) is 0.181. The maximum atomic E-state index is 14.0. The smallest absolute Gasteiger partial charge is 0.126 e. The van der Waals surface area contributed by atoms with Crippen LogP contribution >= 0.6 is 0 Å². The van der Waals surface area contributed by atoms with Crippen LogP contribution in [0.1, 0.15) is 58.2 Å².